The van der Waals surface area contributed by atoms with Gasteiger partial charge in [-0.05, 0) is 56.7 Å². The lowest BCUT2D eigenvalue weighted by Crippen LogP contribution is -2.44. The lowest BCUT2D eigenvalue weighted by Gasteiger charge is -2.39. The molecule has 4 heteroatoms. The van der Waals surface area contributed by atoms with Crippen molar-refractivity contribution in [1.82, 2.24) is 10.2 Å². The number of likely N-dealkylation sites (tertiary alicyclic amines) is 1. The highest BCUT2D eigenvalue weighted by atomic mass is 32.2. The molecule has 1 spiro atoms. The molecule has 2 fully saturated rings. The molecule has 20 heavy (non-hydrogen) atoms. The van der Waals surface area contributed by atoms with Gasteiger partial charge in [-0.15, -0.1) is 0 Å². The molecule has 0 aromatic rings. The number of nitrogens with zero attached hydrogens (tertiary/aromatic N) is 2. The van der Waals surface area contributed by atoms with E-state index in [9.17, 15) is 0 Å². The number of aliphatic imine (C=N–C) groups is 1. The predicted molar refractivity (Wildman–Crippen MR) is 88.5 cm³/mol. The van der Waals surface area contributed by atoms with Crippen LogP contribution in [-0.4, -0.2) is 49.0 Å². The Hall–Kier alpha value is -0.220. The first-order valence-corrected chi connectivity index (χ1v) is 9.18. The number of amidine groups is 1. The maximum absolute atomic E-state index is 4.85. The highest BCUT2D eigenvalue weighted by Crippen LogP contribution is 2.43. The van der Waals surface area contributed by atoms with Crippen LogP contribution in [0.1, 0.15) is 45.4 Å². The van der Waals surface area contributed by atoms with Crippen LogP contribution in [-0.2, 0) is 0 Å². The van der Waals surface area contributed by atoms with Crippen molar-refractivity contribution in [3.63, 3.8) is 0 Å². The van der Waals surface area contributed by atoms with Crippen LogP contribution in [0.25, 0.3) is 0 Å². The second kappa shape index (κ2) is 5.88. The maximum Gasteiger partial charge on any atom is 0.156 e. The predicted octanol–water partition coefficient (Wildman–Crippen LogP) is 2.97. The minimum Gasteiger partial charge on any atom is -0.364 e. The van der Waals surface area contributed by atoms with Crippen LogP contribution in [0.5, 0.6) is 0 Å². The summed E-state index contributed by atoms with van der Waals surface area (Å²) in [6.07, 6.45) is 8.26. The van der Waals surface area contributed by atoms with Gasteiger partial charge >= 0.3 is 0 Å². The summed E-state index contributed by atoms with van der Waals surface area (Å²) in [7, 11) is 2.23. The van der Waals surface area contributed by atoms with Crippen molar-refractivity contribution in [2.45, 2.75) is 45.4 Å². The normalized spacial score (nSPS) is 29.4. The number of piperidine rings is 1. The molecule has 3 rings (SSSR count). The van der Waals surface area contributed by atoms with Gasteiger partial charge in [-0.25, -0.2) is 0 Å². The average molecular weight is 295 g/mol. The Morgan fingerprint density at radius 3 is 2.50 bits per heavy atom. The van der Waals surface area contributed by atoms with Crippen LogP contribution in [0.15, 0.2) is 4.99 Å². The van der Waals surface area contributed by atoms with Crippen LogP contribution in [0.4, 0.5) is 0 Å². The summed E-state index contributed by atoms with van der Waals surface area (Å²) in [5.41, 5.74) is 1.02. The van der Waals surface area contributed by atoms with Gasteiger partial charge in [-0.3, -0.25) is 4.99 Å². The van der Waals surface area contributed by atoms with Crippen molar-refractivity contribution in [3.05, 3.63) is 0 Å². The standard InChI is InChI=1S/C16H29N3S/c1-15(7-9-19(2)10-8-15)11-17-14-18-12-16(13-20-14)5-3-4-6-16/h3-13H2,1-2H3,(H,17,18). The summed E-state index contributed by atoms with van der Waals surface area (Å²) in [5, 5.41) is 4.86. The Morgan fingerprint density at radius 1 is 1.20 bits per heavy atom. The van der Waals surface area contributed by atoms with E-state index in [1.165, 1.54) is 62.5 Å². The third kappa shape index (κ3) is 3.33. The van der Waals surface area contributed by atoms with Crippen molar-refractivity contribution in [3.8, 4) is 0 Å². The summed E-state index contributed by atoms with van der Waals surface area (Å²) in [6.45, 7) is 7.07. The lowest BCUT2D eigenvalue weighted by atomic mass is 9.80. The quantitative estimate of drug-likeness (QED) is 0.849. The fourth-order valence-electron chi connectivity index (χ4n) is 3.71. The smallest absolute Gasteiger partial charge is 0.156 e. The zero-order valence-corrected chi connectivity index (χ0v) is 13.9. The molecule has 1 aliphatic carbocycles. The third-order valence-electron chi connectivity index (χ3n) is 5.60. The molecule has 0 atom stereocenters. The van der Waals surface area contributed by atoms with E-state index in [4.69, 9.17) is 4.99 Å². The van der Waals surface area contributed by atoms with E-state index in [1.807, 2.05) is 11.8 Å². The molecule has 1 saturated carbocycles. The number of rotatable bonds is 2. The summed E-state index contributed by atoms with van der Waals surface area (Å²) in [6, 6.07) is 0. The molecule has 114 valence electrons. The maximum atomic E-state index is 4.85. The monoisotopic (exact) mass is 295 g/mol. The van der Waals surface area contributed by atoms with Gasteiger partial charge in [0.1, 0.15) is 0 Å². The highest BCUT2D eigenvalue weighted by molar-refractivity contribution is 8.13. The van der Waals surface area contributed by atoms with Gasteiger partial charge in [0.25, 0.3) is 0 Å². The van der Waals surface area contributed by atoms with Crippen LogP contribution < -0.4 is 5.32 Å². The average Bonchev–Trinajstić information content (AvgIpc) is 2.91. The summed E-state index contributed by atoms with van der Waals surface area (Å²) >= 11 is 1.98. The van der Waals surface area contributed by atoms with Gasteiger partial charge in [-0.1, -0.05) is 31.5 Å². The molecule has 0 unspecified atom stereocenters. The molecule has 0 radical (unpaired) electrons. The van der Waals surface area contributed by atoms with Gasteiger partial charge in [0, 0.05) is 18.8 Å². The molecule has 0 amide bonds. The van der Waals surface area contributed by atoms with Gasteiger partial charge in [0.2, 0.25) is 0 Å². The number of thioether (sulfide) groups is 1. The van der Waals surface area contributed by atoms with Crippen molar-refractivity contribution in [2.75, 3.05) is 39.0 Å². The molecule has 1 N–H and O–H groups in total. The van der Waals surface area contributed by atoms with Crippen molar-refractivity contribution < 1.29 is 0 Å². The molecule has 0 bridgehead atoms. The largest absolute Gasteiger partial charge is 0.364 e. The molecule has 2 aliphatic heterocycles. The van der Waals surface area contributed by atoms with Crippen LogP contribution in [0, 0.1) is 10.8 Å². The van der Waals surface area contributed by atoms with E-state index in [-0.39, 0.29) is 0 Å². The van der Waals surface area contributed by atoms with E-state index in [2.05, 4.69) is 24.2 Å². The first kappa shape index (κ1) is 14.7. The third-order valence-corrected chi connectivity index (χ3v) is 6.90. The zero-order valence-electron chi connectivity index (χ0n) is 13.1. The Labute approximate surface area is 128 Å². The minimum absolute atomic E-state index is 0.456. The first-order valence-electron chi connectivity index (χ1n) is 8.19. The highest BCUT2D eigenvalue weighted by Gasteiger charge is 2.37. The number of hydrogen-bond acceptors (Lipinski definition) is 4. The first-order chi connectivity index (χ1) is 9.59. The van der Waals surface area contributed by atoms with Crippen molar-refractivity contribution in [1.29, 1.82) is 0 Å². The molecule has 0 aromatic heterocycles. The Bertz CT molecular complexity index is 366. The van der Waals surface area contributed by atoms with Gasteiger partial charge in [0.15, 0.2) is 5.17 Å². The summed E-state index contributed by atoms with van der Waals surface area (Å²) in [5.74, 6) is 1.29. The molecular weight excluding hydrogens is 266 g/mol. The molecule has 1 saturated heterocycles. The van der Waals surface area contributed by atoms with Gasteiger partial charge in [0.05, 0.1) is 0 Å². The van der Waals surface area contributed by atoms with Crippen LogP contribution in [0.3, 0.4) is 0 Å². The van der Waals surface area contributed by atoms with E-state index in [1.54, 1.807) is 0 Å². The van der Waals surface area contributed by atoms with E-state index in [0.29, 0.717) is 10.8 Å². The molecular formula is C16H29N3S. The molecule has 2 heterocycles. The van der Waals surface area contributed by atoms with Gasteiger partial charge in [-0.2, -0.15) is 0 Å². The summed E-state index contributed by atoms with van der Waals surface area (Å²) in [4.78, 5) is 7.30. The van der Waals surface area contributed by atoms with Crippen LogP contribution in [0.2, 0.25) is 0 Å². The number of hydrogen-bond donors (Lipinski definition) is 1. The molecule has 0 aromatic carbocycles. The number of nitrogens with one attached hydrogen (secondary N) is 1. The van der Waals surface area contributed by atoms with Crippen molar-refractivity contribution >= 4 is 16.9 Å². The Balaban J connectivity index is 1.48. The Kier molecular flexibility index (Phi) is 4.32. The van der Waals surface area contributed by atoms with Gasteiger partial charge < -0.3 is 10.2 Å². The van der Waals surface area contributed by atoms with E-state index in [0.717, 1.165) is 13.1 Å². The minimum atomic E-state index is 0.456. The van der Waals surface area contributed by atoms with Crippen LogP contribution >= 0.6 is 11.8 Å². The summed E-state index contributed by atoms with van der Waals surface area (Å²) < 4.78 is 0. The lowest BCUT2D eigenvalue weighted by molar-refractivity contribution is 0.142. The van der Waals surface area contributed by atoms with Crippen molar-refractivity contribution in [2.24, 2.45) is 15.8 Å². The second-order valence-electron chi connectivity index (χ2n) is 7.58. The fraction of sp³-hybridized carbons (Fsp3) is 0.938. The topological polar surface area (TPSA) is 27.6 Å². The van der Waals surface area contributed by atoms with E-state index < -0.39 is 0 Å². The zero-order chi connectivity index (χ0) is 14.1. The Morgan fingerprint density at radius 2 is 1.90 bits per heavy atom. The van der Waals surface area contributed by atoms with E-state index >= 15 is 0 Å². The SMILES string of the molecule is CN1CCC(C)(CNC2=NCC3(CCCC3)CS2)CC1. The fourth-order valence-corrected chi connectivity index (χ4v) is 4.86. The second-order valence-corrected chi connectivity index (χ2v) is 8.55. The molecule has 3 nitrogen and oxygen atoms in total. The molecule has 3 aliphatic rings.